The lowest BCUT2D eigenvalue weighted by Gasteiger charge is -2.07. The van der Waals surface area contributed by atoms with Gasteiger partial charge in [0.2, 0.25) is 0 Å². The quantitative estimate of drug-likeness (QED) is 0.780. The molecule has 2 rings (SSSR count). The van der Waals surface area contributed by atoms with E-state index in [-0.39, 0.29) is 0 Å². The van der Waals surface area contributed by atoms with E-state index in [0.29, 0.717) is 19.0 Å². The molecule has 3 heteroatoms. The van der Waals surface area contributed by atoms with Crippen LogP contribution in [0.1, 0.15) is 31.6 Å². The largest absolute Gasteiger partial charge is 0.458 e. The van der Waals surface area contributed by atoms with Gasteiger partial charge in [0.05, 0.1) is 6.61 Å². The third kappa shape index (κ3) is 3.08. The van der Waals surface area contributed by atoms with Crippen LogP contribution >= 0.6 is 0 Å². The van der Waals surface area contributed by atoms with Gasteiger partial charge in [-0.3, -0.25) is 0 Å². The monoisotopic (exact) mass is 234 g/mol. The van der Waals surface area contributed by atoms with Gasteiger partial charge in [0.25, 0.3) is 0 Å². The Morgan fingerprint density at radius 3 is 2.94 bits per heavy atom. The first kappa shape index (κ1) is 12.1. The summed E-state index contributed by atoms with van der Waals surface area (Å²) >= 11 is 0. The van der Waals surface area contributed by atoms with Gasteiger partial charge in [-0.05, 0) is 18.6 Å². The molecule has 1 heterocycles. The van der Waals surface area contributed by atoms with Crippen LogP contribution in [-0.4, -0.2) is 18.3 Å². The van der Waals surface area contributed by atoms with E-state index in [1.807, 2.05) is 30.3 Å². The Kier molecular flexibility index (Phi) is 4.18. The lowest BCUT2D eigenvalue weighted by molar-refractivity contribution is 0.0248. The van der Waals surface area contributed by atoms with Crippen molar-refractivity contribution in [2.45, 2.75) is 25.9 Å². The molecule has 1 aromatic heterocycles. The summed E-state index contributed by atoms with van der Waals surface area (Å²) < 4.78 is 10.9. The highest BCUT2D eigenvalue weighted by atomic mass is 16.5. The number of hydrogen-bond acceptors (Lipinski definition) is 3. The van der Waals surface area contributed by atoms with E-state index in [9.17, 15) is 5.11 Å². The number of fused-ring (bicyclic) bond motifs is 1. The fourth-order valence-corrected chi connectivity index (χ4v) is 1.69. The Bertz CT molecular complexity index is 428. The maximum Gasteiger partial charge on any atom is 0.136 e. The number of para-hydroxylation sites is 1. The molecule has 3 nitrogen and oxygen atoms in total. The van der Waals surface area contributed by atoms with Crippen LogP contribution in [0.5, 0.6) is 0 Å². The summed E-state index contributed by atoms with van der Waals surface area (Å²) in [6.07, 6.45) is 1.44. The summed E-state index contributed by atoms with van der Waals surface area (Å²) in [4.78, 5) is 0. The van der Waals surface area contributed by atoms with Crippen molar-refractivity contribution < 1.29 is 14.3 Å². The number of furan rings is 1. The van der Waals surface area contributed by atoms with E-state index >= 15 is 0 Å². The lowest BCUT2D eigenvalue weighted by atomic mass is 10.2. The van der Waals surface area contributed by atoms with Crippen LogP contribution in [0.15, 0.2) is 34.7 Å². The zero-order valence-electron chi connectivity index (χ0n) is 10.1. The number of aliphatic hydroxyl groups excluding tert-OH is 1. The Hall–Kier alpha value is -1.32. The Morgan fingerprint density at radius 1 is 1.35 bits per heavy atom. The van der Waals surface area contributed by atoms with Gasteiger partial charge in [0.15, 0.2) is 0 Å². The molecule has 17 heavy (non-hydrogen) atoms. The van der Waals surface area contributed by atoms with E-state index in [1.165, 1.54) is 0 Å². The smallest absolute Gasteiger partial charge is 0.136 e. The van der Waals surface area contributed by atoms with Crippen LogP contribution in [0.4, 0.5) is 0 Å². The summed E-state index contributed by atoms with van der Waals surface area (Å²) in [5, 5.41) is 10.9. The molecule has 1 aromatic carbocycles. The van der Waals surface area contributed by atoms with Gasteiger partial charge >= 0.3 is 0 Å². The summed E-state index contributed by atoms with van der Waals surface area (Å²) in [6.45, 7) is 3.09. The molecule has 1 N–H and O–H groups in total. The fourth-order valence-electron chi connectivity index (χ4n) is 1.69. The summed E-state index contributed by atoms with van der Waals surface area (Å²) in [5.74, 6) is 0.572. The number of aliphatic hydroxyl groups is 1. The van der Waals surface area contributed by atoms with Crippen molar-refractivity contribution in [3.05, 3.63) is 36.1 Å². The SMILES string of the molecule is CCCCOCC(O)c1cc2ccccc2o1. The van der Waals surface area contributed by atoms with Gasteiger partial charge < -0.3 is 14.3 Å². The van der Waals surface area contributed by atoms with Crippen molar-refractivity contribution in [1.82, 2.24) is 0 Å². The maximum atomic E-state index is 9.90. The second kappa shape index (κ2) is 5.84. The Labute approximate surface area is 101 Å². The van der Waals surface area contributed by atoms with Crippen LogP contribution in [0, 0.1) is 0 Å². The molecule has 92 valence electrons. The maximum absolute atomic E-state index is 9.90. The molecule has 1 atom stereocenters. The van der Waals surface area contributed by atoms with E-state index in [2.05, 4.69) is 6.92 Å². The molecule has 0 amide bonds. The van der Waals surface area contributed by atoms with Crippen LogP contribution in [0.2, 0.25) is 0 Å². The van der Waals surface area contributed by atoms with E-state index in [1.54, 1.807) is 0 Å². The highest BCUT2D eigenvalue weighted by Crippen LogP contribution is 2.23. The molecule has 0 aliphatic carbocycles. The molecular weight excluding hydrogens is 216 g/mol. The third-order valence-electron chi connectivity index (χ3n) is 2.69. The summed E-state index contributed by atoms with van der Waals surface area (Å²) in [6, 6.07) is 9.59. The summed E-state index contributed by atoms with van der Waals surface area (Å²) in [5.41, 5.74) is 0.801. The van der Waals surface area contributed by atoms with Crippen molar-refractivity contribution in [1.29, 1.82) is 0 Å². The van der Waals surface area contributed by atoms with Crippen LogP contribution in [0.3, 0.4) is 0 Å². The normalized spacial score (nSPS) is 13.1. The zero-order chi connectivity index (χ0) is 12.1. The number of hydrogen-bond donors (Lipinski definition) is 1. The molecule has 0 saturated carbocycles. The van der Waals surface area contributed by atoms with E-state index < -0.39 is 6.10 Å². The van der Waals surface area contributed by atoms with Gasteiger partial charge in [-0.25, -0.2) is 0 Å². The molecule has 0 radical (unpaired) electrons. The lowest BCUT2D eigenvalue weighted by Crippen LogP contribution is -2.07. The van der Waals surface area contributed by atoms with E-state index in [0.717, 1.165) is 23.8 Å². The first-order valence-corrected chi connectivity index (χ1v) is 6.05. The van der Waals surface area contributed by atoms with Gasteiger partial charge in [-0.1, -0.05) is 31.5 Å². The standard InChI is InChI=1S/C14H18O3/c1-2-3-8-16-10-12(15)14-9-11-6-4-5-7-13(11)17-14/h4-7,9,12,15H,2-3,8,10H2,1H3. The second-order valence-corrected chi connectivity index (χ2v) is 4.13. The van der Waals surface area contributed by atoms with Gasteiger partial charge in [-0.2, -0.15) is 0 Å². The van der Waals surface area contributed by atoms with Crippen LogP contribution in [-0.2, 0) is 4.74 Å². The topological polar surface area (TPSA) is 42.6 Å². The van der Waals surface area contributed by atoms with E-state index in [4.69, 9.17) is 9.15 Å². The molecular formula is C14H18O3. The van der Waals surface area contributed by atoms with Crippen molar-refractivity contribution >= 4 is 11.0 Å². The van der Waals surface area contributed by atoms with Crippen LogP contribution in [0.25, 0.3) is 11.0 Å². The van der Waals surface area contributed by atoms with Crippen molar-refractivity contribution in [3.63, 3.8) is 0 Å². The predicted octanol–water partition coefficient (Wildman–Crippen LogP) is 3.28. The zero-order valence-corrected chi connectivity index (χ0v) is 10.1. The Morgan fingerprint density at radius 2 is 2.18 bits per heavy atom. The minimum absolute atomic E-state index is 0.291. The second-order valence-electron chi connectivity index (χ2n) is 4.13. The molecule has 2 aromatic rings. The van der Waals surface area contributed by atoms with Gasteiger partial charge in [0, 0.05) is 12.0 Å². The average molecular weight is 234 g/mol. The number of benzene rings is 1. The van der Waals surface area contributed by atoms with Crippen molar-refractivity contribution in [2.75, 3.05) is 13.2 Å². The molecule has 0 saturated heterocycles. The highest BCUT2D eigenvalue weighted by molar-refractivity contribution is 5.77. The molecule has 0 fully saturated rings. The predicted molar refractivity (Wildman–Crippen MR) is 66.9 cm³/mol. The number of ether oxygens (including phenoxy) is 1. The van der Waals surface area contributed by atoms with Crippen molar-refractivity contribution in [2.24, 2.45) is 0 Å². The number of unbranched alkanes of at least 4 members (excludes halogenated alkanes) is 1. The highest BCUT2D eigenvalue weighted by Gasteiger charge is 2.13. The van der Waals surface area contributed by atoms with Gasteiger partial charge in [0.1, 0.15) is 17.4 Å². The molecule has 0 spiro atoms. The Balaban J connectivity index is 1.96. The first-order valence-electron chi connectivity index (χ1n) is 6.05. The van der Waals surface area contributed by atoms with Crippen molar-refractivity contribution in [3.8, 4) is 0 Å². The average Bonchev–Trinajstić information content (AvgIpc) is 2.78. The molecule has 1 unspecified atom stereocenters. The fraction of sp³-hybridized carbons (Fsp3) is 0.429. The van der Waals surface area contributed by atoms with Gasteiger partial charge in [-0.15, -0.1) is 0 Å². The molecule has 0 aliphatic heterocycles. The minimum Gasteiger partial charge on any atom is -0.458 e. The molecule has 0 bridgehead atoms. The summed E-state index contributed by atoms with van der Waals surface area (Å²) in [7, 11) is 0. The third-order valence-corrected chi connectivity index (χ3v) is 2.69. The van der Waals surface area contributed by atoms with Crippen LogP contribution < -0.4 is 0 Å². The first-order chi connectivity index (χ1) is 8.31. The molecule has 0 aliphatic rings. The minimum atomic E-state index is -0.681. The number of rotatable bonds is 6.